The molecule has 12 heavy (non-hydrogen) atoms. The standard InChI is InChI=1S/C11H16O/c1-8-5-6-10-9(7-8)3-2-4-11(10)12/h6,8-9H,2-5,7H2,1H3/t8-,9+/m0/s1. The maximum absolute atomic E-state index is 11.5. The molecule has 0 unspecified atom stereocenters. The number of carbonyl (C=O) groups is 1. The molecule has 2 aliphatic carbocycles. The zero-order valence-corrected chi connectivity index (χ0v) is 7.68. The summed E-state index contributed by atoms with van der Waals surface area (Å²) in [5.41, 5.74) is 1.17. The summed E-state index contributed by atoms with van der Waals surface area (Å²) in [6.45, 7) is 2.28. The van der Waals surface area contributed by atoms with Gasteiger partial charge in [-0.1, -0.05) is 13.0 Å². The first-order chi connectivity index (χ1) is 5.77. The van der Waals surface area contributed by atoms with Crippen molar-refractivity contribution in [2.45, 2.75) is 39.0 Å². The molecule has 2 rings (SSSR count). The molecular formula is C11H16O. The largest absolute Gasteiger partial charge is 0.295 e. The lowest BCUT2D eigenvalue weighted by molar-refractivity contribution is -0.117. The highest BCUT2D eigenvalue weighted by atomic mass is 16.1. The van der Waals surface area contributed by atoms with E-state index in [-0.39, 0.29) is 0 Å². The molecule has 0 aromatic rings. The van der Waals surface area contributed by atoms with Crippen LogP contribution in [-0.2, 0) is 4.79 Å². The van der Waals surface area contributed by atoms with Gasteiger partial charge >= 0.3 is 0 Å². The lowest BCUT2D eigenvalue weighted by Gasteiger charge is -2.30. The fourth-order valence-electron chi connectivity index (χ4n) is 2.47. The summed E-state index contributed by atoms with van der Waals surface area (Å²) in [4.78, 5) is 11.5. The van der Waals surface area contributed by atoms with E-state index in [1.807, 2.05) is 0 Å². The minimum absolute atomic E-state index is 0.429. The van der Waals surface area contributed by atoms with E-state index in [1.165, 1.54) is 18.4 Å². The highest BCUT2D eigenvalue weighted by molar-refractivity contribution is 5.96. The zero-order chi connectivity index (χ0) is 8.55. The molecule has 0 heterocycles. The SMILES string of the molecule is C[C@H]1CC=C2C(=O)CCC[C@@H]2C1. The minimum atomic E-state index is 0.429. The first-order valence-corrected chi connectivity index (χ1v) is 5.00. The van der Waals surface area contributed by atoms with E-state index in [0.29, 0.717) is 11.7 Å². The lowest BCUT2D eigenvalue weighted by atomic mass is 9.74. The molecule has 2 atom stereocenters. The maximum Gasteiger partial charge on any atom is 0.158 e. The smallest absolute Gasteiger partial charge is 0.158 e. The molecule has 66 valence electrons. The average Bonchev–Trinajstić information content (AvgIpc) is 2.04. The number of rotatable bonds is 0. The summed E-state index contributed by atoms with van der Waals surface area (Å²) in [6, 6.07) is 0. The second-order valence-corrected chi connectivity index (χ2v) is 4.25. The Bertz CT molecular complexity index is 227. The van der Waals surface area contributed by atoms with Crippen LogP contribution in [-0.4, -0.2) is 5.78 Å². The minimum Gasteiger partial charge on any atom is -0.295 e. The van der Waals surface area contributed by atoms with Crippen LogP contribution < -0.4 is 0 Å². The van der Waals surface area contributed by atoms with Gasteiger partial charge in [-0.3, -0.25) is 4.79 Å². The molecule has 0 bridgehead atoms. The van der Waals surface area contributed by atoms with Crippen LogP contribution in [0.1, 0.15) is 39.0 Å². The van der Waals surface area contributed by atoms with Crippen molar-refractivity contribution in [1.29, 1.82) is 0 Å². The third kappa shape index (κ3) is 1.33. The Kier molecular flexibility index (Phi) is 2.03. The summed E-state index contributed by atoms with van der Waals surface area (Å²) in [7, 11) is 0. The summed E-state index contributed by atoms with van der Waals surface area (Å²) in [5.74, 6) is 1.85. The number of hydrogen-bond acceptors (Lipinski definition) is 1. The van der Waals surface area contributed by atoms with Gasteiger partial charge in [-0.15, -0.1) is 0 Å². The highest BCUT2D eigenvalue weighted by Crippen LogP contribution is 2.36. The van der Waals surface area contributed by atoms with Crippen molar-refractivity contribution in [3.8, 4) is 0 Å². The van der Waals surface area contributed by atoms with Crippen molar-refractivity contribution in [3.63, 3.8) is 0 Å². The Morgan fingerprint density at radius 2 is 2.33 bits per heavy atom. The summed E-state index contributed by atoms with van der Waals surface area (Å²) in [5, 5.41) is 0. The fourth-order valence-corrected chi connectivity index (χ4v) is 2.47. The van der Waals surface area contributed by atoms with Gasteiger partial charge in [0.25, 0.3) is 0 Å². The second kappa shape index (κ2) is 3.04. The number of hydrogen-bond donors (Lipinski definition) is 0. The predicted octanol–water partition coefficient (Wildman–Crippen LogP) is 2.71. The van der Waals surface area contributed by atoms with Gasteiger partial charge in [-0.25, -0.2) is 0 Å². The third-order valence-electron chi connectivity index (χ3n) is 3.15. The van der Waals surface area contributed by atoms with Gasteiger partial charge < -0.3 is 0 Å². The number of allylic oxidation sites excluding steroid dienone is 2. The van der Waals surface area contributed by atoms with Crippen LogP contribution >= 0.6 is 0 Å². The molecule has 1 nitrogen and oxygen atoms in total. The topological polar surface area (TPSA) is 17.1 Å². The van der Waals surface area contributed by atoms with Crippen LogP contribution in [0.2, 0.25) is 0 Å². The molecule has 0 spiro atoms. The van der Waals surface area contributed by atoms with Crippen molar-refractivity contribution in [2.24, 2.45) is 11.8 Å². The molecule has 0 amide bonds. The Balaban J connectivity index is 2.19. The highest BCUT2D eigenvalue weighted by Gasteiger charge is 2.29. The third-order valence-corrected chi connectivity index (χ3v) is 3.15. The fraction of sp³-hybridized carbons (Fsp3) is 0.727. The van der Waals surface area contributed by atoms with Gasteiger partial charge in [0, 0.05) is 6.42 Å². The first kappa shape index (κ1) is 8.03. The normalized spacial score (nSPS) is 35.8. The Hall–Kier alpha value is -0.590. The number of fused-ring (bicyclic) bond motifs is 1. The van der Waals surface area contributed by atoms with Crippen LogP contribution in [0.3, 0.4) is 0 Å². The molecule has 1 heteroatoms. The molecule has 0 aromatic carbocycles. The Labute approximate surface area is 73.8 Å². The number of Topliss-reactive ketones (excluding diaryl/α,β-unsaturated/α-hetero) is 1. The molecule has 1 saturated carbocycles. The number of ketones is 1. The van der Waals surface area contributed by atoms with Crippen LogP contribution in [0.25, 0.3) is 0 Å². The lowest BCUT2D eigenvalue weighted by Crippen LogP contribution is -2.24. The van der Waals surface area contributed by atoms with Gasteiger partial charge in [0.05, 0.1) is 0 Å². The summed E-state index contributed by atoms with van der Waals surface area (Å²) >= 11 is 0. The van der Waals surface area contributed by atoms with E-state index >= 15 is 0 Å². The van der Waals surface area contributed by atoms with Crippen LogP contribution in [0.5, 0.6) is 0 Å². The Morgan fingerprint density at radius 3 is 3.17 bits per heavy atom. The zero-order valence-electron chi connectivity index (χ0n) is 7.68. The molecule has 1 fully saturated rings. The maximum atomic E-state index is 11.5. The first-order valence-electron chi connectivity index (χ1n) is 5.00. The van der Waals surface area contributed by atoms with Gasteiger partial charge in [0.2, 0.25) is 0 Å². The van der Waals surface area contributed by atoms with Crippen LogP contribution in [0.15, 0.2) is 11.6 Å². The van der Waals surface area contributed by atoms with Gasteiger partial charge in [0.1, 0.15) is 0 Å². The summed E-state index contributed by atoms with van der Waals surface area (Å²) in [6.07, 6.45) is 7.74. The average molecular weight is 164 g/mol. The molecular weight excluding hydrogens is 148 g/mol. The molecule has 0 aromatic heterocycles. The molecule has 0 N–H and O–H groups in total. The molecule has 0 aliphatic heterocycles. The monoisotopic (exact) mass is 164 g/mol. The number of carbonyl (C=O) groups excluding carboxylic acids is 1. The van der Waals surface area contributed by atoms with Crippen molar-refractivity contribution in [3.05, 3.63) is 11.6 Å². The van der Waals surface area contributed by atoms with E-state index in [0.717, 1.165) is 25.2 Å². The molecule has 0 radical (unpaired) electrons. The van der Waals surface area contributed by atoms with E-state index in [2.05, 4.69) is 13.0 Å². The molecule has 0 saturated heterocycles. The van der Waals surface area contributed by atoms with Gasteiger partial charge in [-0.05, 0) is 43.1 Å². The van der Waals surface area contributed by atoms with E-state index in [4.69, 9.17) is 0 Å². The van der Waals surface area contributed by atoms with E-state index in [1.54, 1.807) is 0 Å². The van der Waals surface area contributed by atoms with E-state index in [9.17, 15) is 4.79 Å². The molecule has 2 aliphatic rings. The van der Waals surface area contributed by atoms with Crippen LogP contribution in [0.4, 0.5) is 0 Å². The predicted molar refractivity (Wildman–Crippen MR) is 48.8 cm³/mol. The quantitative estimate of drug-likeness (QED) is 0.538. The summed E-state index contributed by atoms with van der Waals surface area (Å²) < 4.78 is 0. The van der Waals surface area contributed by atoms with Crippen LogP contribution in [0, 0.1) is 11.8 Å². The van der Waals surface area contributed by atoms with E-state index < -0.39 is 0 Å². The Morgan fingerprint density at radius 1 is 1.50 bits per heavy atom. The second-order valence-electron chi connectivity index (χ2n) is 4.25. The van der Waals surface area contributed by atoms with Gasteiger partial charge in [0.15, 0.2) is 5.78 Å². The van der Waals surface area contributed by atoms with Crippen molar-refractivity contribution < 1.29 is 4.79 Å². The van der Waals surface area contributed by atoms with Gasteiger partial charge in [-0.2, -0.15) is 0 Å². The van der Waals surface area contributed by atoms with Crippen molar-refractivity contribution in [2.75, 3.05) is 0 Å². The van der Waals surface area contributed by atoms with Crippen molar-refractivity contribution in [1.82, 2.24) is 0 Å². The van der Waals surface area contributed by atoms with Crippen molar-refractivity contribution >= 4 is 5.78 Å².